The molecule has 1 aliphatic rings. The summed E-state index contributed by atoms with van der Waals surface area (Å²) in [6.07, 6.45) is 0. The van der Waals surface area contributed by atoms with Gasteiger partial charge in [-0.25, -0.2) is 4.39 Å². The van der Waals surface area contributed by atoms with Gasteiger partial charge in [-0.3, -0.25) is 9.59 Å². The minimum Gasteiger partial charge on any atom is -0.481 e. The molecule has 1 N–H and O–H groups in total. The second-order valence-electron chi connectivity index (χ2n) is 5.71. The largest absolute Gasteiger partial charge is 0.481 e. The van der Waals surface area contributed by atoms with Crippen LogP contribution in [0.1, 0.15) is 0 Å². The van der Waals surface area contributed by atoms with Gasteiger partial charge in [-0.1, -0.05) is 28.1 Å². The highest BCUT2D eigenvalue weighted by Gasteiger charge is 2.35. The van der Waals surface area contributed by atoms with Crippen LogP contribution < -0.4 is 10.1 Å². The fourth-order valence-electron chi connectivity index (χ4n) is 2.42. The van der Waals surface area contributed by atoms with Crippen molar-refractivity contribution in [2.75, 3.05) is 25.0 Å². The van der Waals surface area contributed by atoms with Crippen molar-refractivity contribution in [3.63, 3.8) is 0 Å². The first-order valence-corrected chi connectivity index (χ1v) is 8.54. The second kappa shape index (κ2) is 7.65. The van der Waals surface area contributed by atoms with Crippen LogP contribution in [-0.4, -0.2) is 36.4 Å². The summed E-state index contributed by atoms with van der Waals surface area (Å²) in [5.74, 6) is -1.11. The number of para-hydroxylation sites is 1. The Hall–Kier alpha value is -2.41. The molecular formula is C18H16BrFN2O3. The van der Waals surface area contributed by atoms with Crippen molar-refractivity contribution in [3.05, 3.63) is 58.8 Å². The van der Waals surface area contributed by atoms with E-state index in [9.17, 15) is 14.0 Å². The third kappa shape index (κ3) is 4.36. The molecule has 130 valence electrons. The van der Waals surface area contributed by atoms with E-state index < -0.39 is 5.82 Å². The average molecular weight is 407 g/mol. The van der Waals surface area contributed by atoms with Gasteiger partial charge in [-0.05, 0) is 36.4 Å². The SMILES string of the molecule is O=C(Nc1ccc(Br)cc1)C1CN(C(=O)COc2ccccc2F)C1. The molecule has 3 rings (SSSR count). The quantitative estimate of drug-likeness (QED) is 0.829. The van der Waals surface area contributed by atoms with Crippen LogP contribution in [0.15, 0.2) is 53.0 Å². The first kappa shape index (κ1) is 17.4. The molecule has 0 aromatic heterocycles. The Morgan fingerprint density at radius 3 is 2.52 bits per heavy atom. The summed E-state index contributed by atoms with van der Waals surface area (Å²) in [4.78, 5) is 25.7. The molecule has 2 amide bonds. The van der Waals surface area contributed by atoms with Crippen molar-refractivity contribution < 1.29 is 18.7 Å². The summed E-state index contributed by atoms with van der Waals surface area (Å²) in [7, 11) is 0. The fourth-order valence-corrected chi connectivity index (χ4v) is 2.68. The van der Waals surface area contributed by atoms with Crippen molar-refractivity contribution in [2.45, 2.75) is 0 Å². The topological polar surface area (TPSA) is 58.6 Å². The molecule has 1 fully saturated rings. The number of benzene rings is 2. The van der Waals surface area contributed by atoms with Gasteiger partial charge in [0.05, 0.1) is 5.92 Å². The first-order chi connectivity index (χ1) is 12.0. The summed E-state index contributed by atoms with van der Waals surface area (Å²) in [6.45, 7) is 0.422. The zero-order valence-corrected chi connectivity index (χ0v) is 14.8. The molecule has 0 unspecified atom stereocenters. The van der Waals surface area contributed by atoms with Crippen molar-refractivity contribution in [3.8, 4) is 5.75 Å². The predicted octanol–water partition coefficient (Wildman–Crippen LogP) is 3.06. The monoisotopic (exact) mass is 406 g/mol. The van der Waals surface area contributed by atoms with Crippen LogP contribution in [0.25, 0.3) is 0 Å². The number of halogens is 2. The number of anilines is 1. The molecule has 0 atom stereocenters. The maximum atomic E-state index is 13.4. The number of rotatable bonds is 5. The third-order valence-electron chi connectivity index (χ3n) is 3.90. The van der Waals surface area contributed by atoms with Crippen molar-refractivity contribution in [2.24, 2.45) is 5.92 Å². The Balaban J connectivity index is 1.43. The lowest BCUT2D eigenvalue weighted by Crippen LogP contribution is -2.55. The van der Waals surface area contributed by atoms with E-state index in [1.54, 1.807) is 24.3 Å². The minimum absolute atomic E-state index is 0.0425. The highest BCUT2D eigenvalue weighted by Crippen LogP contribution is 2.21. The van der Waals surface area contributed by atoms with Crippen molar-refractivity contribution in [1.29, 1.82) is 0 Å². The average Bonchev–Trinajstić information content (AvgIpc) is 2.55. The van der Waals surface area contributed by atoms with Gasteiger partial charge >= 0.3 is 0 Å². The highest BCUT2D eigenvalue weighted by atomic mass is 79.9. The molecule has 5 nitrogen and oxygen atoms in total. The molecule has 0 saturated carbocycles. The number of nitrogens with zero attached hydrogens (tertiary/aromatic N) is 1. The number of hydrogen-bond acceptors (Lipinski definition) is 3. The molecule has 1 aliphatic heterocycles. The molecule has 25 heavy (non-hydrogen) atoms. The molecule has 0 radical (unpaired) electrons. The molecule has 0 bridgehead atoms. The zero-order valence-electron chi connectivity index (χ0n) is 13.2. The van der Waals surface area contributed by atoms with Crippen LogP contribution >= 0.6 is 15.9 Å². The van der Waals surface area contributed by atoms with Crippen LogP contribution in [0.3, 0.4) is 0 Å². The maximum Gasteiger partial charge on any atom is 0.260 e. The zero-order chi connectivity index (χ0) is 17.8. The minimum atomic E-state index is -0.509. The second-order valence-corrected chi connectivity index (χ2v) is 6.63. The summed E-state index contributed by atoms with van der Waals surface area (Å²) >= 11 is 3.33. The number of nitrogens with one attached hydrogen (secondary N) is 1. The third-order valence-corrected chi connectivity index (χ3v) is 4.43. The molecule has 2 aromatic carbocycles. The highest BCUT2D eigenvalue weighted by molar-refractivity contribution is 9.10. The summed E-state index contributed by atoms with van der Waals surface area (Å²) < 4.78 is 19.5. The van der Waals surface area contributed by atoms with Crippen LogP contribution in [0, 0.1) is 11.7 Å². The molecule has 0 aliphatic carbocycles. The standard InChI is InChI=1S/C18H16BrFN2O3/c19-13-5-7-14(8-6-13)21-18(24)12-9-22(10-12)17(23)11-25-16-4-2-1-3-15(16)20/h1-8,12H,9-11H2,(H,21,24). The molecule has 0 spiro atoms. The van der Waals surface area contributed by atoms with E-state index in [2.05, 4.69) is 21.2 Å². The lowest BCUT2D eigenvalue weighted by molar-refractivity contribution is -0.143. The van der Waals surface area contributed by atoms with E-state index in [1.165, 1.54) is 17.0 Å². The lowest BCUT2D eigenvalue weighted by atomic mass is 9.99. The Morgan fingerprint density at radius 1 is 1.16 bits per heavy atom. The molecule has 1 saturated heterocycles. The molecule has 7 heteroatoms. The van der Waals surface area contributed by atoms with Gasteiger partial charge in [0.25, 0.3) is 5.91 Å². The van der Waals surface area contributed by atoms with Gasteiger partial charge in [0.1, 0.15) is 0 Å². The maximum absolute atomic E-state index is 13.4. The Morgan fingerprint density at radius 2 is 1.84 bits per heavy atom. The van der Waals surface area contributed by atoms with E-state index in [0.29, 0.717) is 18.8 Å². The van der Waals surface area contributed by atoms with E-state index in [1.807, 2.05) is 12.1 Å². The van der Waals surface area contributed by atoms with Crippen molar-refractivity contribution >= 4 is 33.4 Å². The number of ether oxygens (including phenoxy) is 1. The first-order valence-electron chi connectivity index (χ1n) is 7.74. The van der Waals surface area contributed by atoms with Crippen LogP contribution in [0.4, 0.5) is 10.1 Å². The lowest BCUT2D eigenvalue weighted by Gasteiger charge is -2.38. The van der Waals surface area contributed by atoms with E-state index in [-0.39, 0.29) is 30.1 Å². The van der Waals surface area contributed by atoms with Crippen LogP contribution in [-0.2, 0) is 9.59 Å². The number of carbonyl (C=O) groups excluding carboxylic acids is 2. The smallest absolute Gasteiger partial charge is 0.260 e. The van der Waals surface area contributed by atoms with E-state index in [4.69, 9.17) is 4.74 Å². The van der Waals surface area contributed by atoms with Gasteiger partial charge in [0, 0.05) is 23.2 Å². The van der Waals surface area contributed by atoms with Gasteiger partial charge in [-0.15, -0.1) is 0 Å². The molecule has 1 heterocycles. The Bertz CT molecular complexity index is 776. The number of hydrogen-bond donors (Lipinski definition) is 1. The van der Waals surface area contributed by atoms with Gasteiger partial charge in [0.15, 0.2) is 18.2 Å². The van der Waals surface area contributed by atoms with Crippen LogP contribution in [0.5, 0.6) is 5.75 Å². The summed E-state index contributed by atoms with van der Waals surface area (Å²) in [6, 6.07) is 13.2. The van der Waals surface area contributed by atoms with Crippen molar-refractivity contribution in [1.82, 2.24) is 4.90 Å². The predicted molar refractivity (Wildman–Crippen MR) is 94.7 cm³/mol. The molecule has 2 aromatic rings. The van der Waals surface area contributed by atoms with Gasteiger partial charge in [0.2, 0.25) is 5.91 Å². The van der Waals surface area contributed by atoms with Crippen LogP contribution in [0.2, 0.25) is 0 Å². The summed E-state index contributed by atoms with van der Waals surface area (Å²) in [5.41, 5.74) is 0.709. The Kier molecular flexibility index (Phi) is 5.33. The number of carbonyl (C=O) groups is 2. The summed E-state index contributed by atoms with van der Waals surface area (Å²) in [5, 5.41) is 2.82. The van der Waals surface area contributed by atoms with Gasteiger partial charge < -0.3 is 15.0 Å². The number of amides is 2. The van der Waals surface area contributed by atoms with E-state index in [0.717, 1.165) is 4.47 Å². The van der Waals surface area contributed by atoms with Gasteiger partial charge in [-0.2, -0.15) is 0 Å². The molecular weight excluding hydrogens is 391 g/mol. The Labute approximate surface area is 152 Å². The van der Waals surface area contributed by atoms with E-state index >= 15 is 0 Å². The fraction of sp³-hybridized carbons (Fsp3) is 0.222. The number of likely N-dealkylation sites (tertiary alicyclic amines) is 1. The normalized spacial score (nSPS) is 13.9.